The number of alkyl halides is 2. The first kappa shape index (κ1) is 17.0. The zero-order chi connectivity index (χ0) is 18.8. The monoisotopic (exact) mass is 366 g/mol. The van der Waals surface area contributed by atoms with E-state index in [1.807, 2.05) is 29.7 Å². The molecule has 0 saturated carbocycles. The van der Waals surface area contributed by atoms with E-state index >= 15 is 0 Å². The average molecular weight is 366 g/mol. The third-order valence-electron chi connectivity index (χ3n) is 4.10. The van der Waals surface area contributed by atoms with Crippen molar-refractivity contribution in [3.63, 3.8) is 0 Å². The summed E-state index contributed by atoms with van der Waals surface area (Å²) in [4.78, 5) is 8.90. The molecule has 7 heteroatoms. The van der Waals surface area contributed by atoms with Crippen molar-refractivity contribution in [3.8, 4) is 11.6 Å². The highest BCUT2D eigenvalue weighted by molar-refractivity contribution is 5.82. The molecule has 1 N–H and O–H groups in total. The first-order valence-corrected chi connectivity index (χ1v) is 8.31. The smallest absolute Gasteiger partial charge is 0.387 e. The summed E-state index contributed by atoms with van der Waals surface area (Å²) in [7, 11) is 0. The molecule has 4 aromatic rings. The standard InChI is InChI=1S/C20H16F2N4O/c1-13-10-14-4-2-3-5-17(14)26(13)19-12-23-11-18(25-19)24-15-6-8-16(9-7-15)27-20(21)22/h2-12,20H,1H3,(H,24,25). The molecule has 27 heavy (non-hydrogen) atoms. The molecular formula is C20H16F2N4O. The maximum atomic E-state index is 12.2. The highest BCUT2D eigenvalue weighted by atomic mass is 19.3. The van der Waals surface area contributed by atoms with Gasteiger partial charge in [0.05, 0.1) is 17.9 Å². The number of fused-ring (bicyclic) bond motifs is 1. The number of anilines is 2. The number of nitrogens with one attached hydrogen (secondary N) is 1. The van der Waals surface area contributed by atoms with Crippen molar-refractivity contribution in [3.05, 3.63) is 72.7 Å². The fourth-order valence-corrected chi connectivity index (χ4v) is 2.99. The third kappa shape index (κ3) is 3.57. The number of hydrogen-bond acceptors (Lipinski definition) is 4. The number of nitrogens with zero attached hydrogens (tertiary/aromatic N) is 3. The Bertz CT molecular complexity index is 1080. The summed E-state index contributed by atoms with van der Waals surface area (Å²) >= 11 is 0. The molecule has 2 aromatic heterocycles. The number of halogens is 2. The van der Waals surface area contributed by atoms with Gasteiger partial charge in [-0.05, 0) is 43.3 Å². The first-order chi connectivity index (χ1) is 13.1. The Morgan fingerprint density at radius 1 is 1.04 bits per heavy atom. The zero-order valence-electron chi connectivity index (χ0n) is 14.4. The number of rotatable bonds is 5. The molecule has 0 aliphatic rings. The Hall–Kier alpha value is -3.48. The lowest BCUT2D eigenvalue weighted by atomic mass is 10.2. The molecule has 2 aromatic carbocycles. The third-order valence-corrected chi connectivity index (χ3v) is 4.10. The van der Waals surface area contributed by atoms with Crippen LogP contribution in [0.4, 0.5) is 20.3 Å². The van der Waals surface area contributed by atoms with Crippen molar-refractivity contribution in [1.82, 2.24) is 14.5 Å². The van der Waals surface area contributed by atoms with E-state index in [-0.39, 0.29) is 5.75 Å². The molecule has 0 amide bonds. The van der Waals surface area contributed by atoms with Gasteiger partial charge in [-0.25, -0.2) is 4.98 Å². The predicted molar refractivity (Wildman–Crippen MR) is 100.0 cm³/mol. The van der Waals surface area contributed by atoms with E-state index in [2.05, 4.69) is 32.2 Å². The van der Waals surface area contributed by atoms with Crippen LogP contribution < -0.4 is 10.1 Å². The van der Waals surface area contributed by atoms with Gasteiger partial charge in [-0.3, -0.25) is 9.55 Å². The van der Waals surface area contributed by atoms with Crippen LogP contribution in [-0.2, 0) is 0 Å². The van der Waals surface area contributed by atoms with Crippen molar-refractivity contribution in [2.24, 2.45) is 0 Å². The molecule has 0 radical (unpaired) electrons. The molecule has 0 bridgehead atoms. The number of aromatic nitrogens is 3. The Morgan fingerprint density at radius 2 is 1.81 bits per heavy atom. The van der Waals surface area contributed by atoms with Gasteiger partial charge in [-0.15, -0.1) is 0 Å². The van der Waals surface area contributed by atoms with Gasteiger partial charge < -0.3 is 10.1 Å². The Kier molecular flexibility index (Phi) is 4.42. The highest BCUT2D eigenvalue weighted by Gasteiger charge is 2.10. The molecule has 2 heterocycles. The van der Waals surface area contributed by atoms with E-state index in [1.165, 1.54) is 12.1 Å². The minimum absolute atomic E-state index is 0.102. The number of aryl methyl sites for hydroxylation is 1. The molecule has 0 aliphatic carbocycles. The highest BCUT2D eigenvalue weighted by Crippen LogP contribution is 2.24. The van der Waals surface area contributed by atoms with Crippen LogP contribution in [0.1, 0.15) is 5.69 Å². The number of para-hydroxylation sites is 1. The van der Waals surface area contributed by atoms with Gasteiger partial charge in [0.2, 0.25) is 0 Å². The van der Waals surface area contributed by atoms with E-state index in [0.717, 1.165) is 16.6 Å². The van der Waals surface area contributed by atoms with Crippen LogP contribution >= 0.6 is 0 Å². The normalized spacial score (nSPS) is 11.1. The van der Waals surface area contributed by atoms with Crippen molar-refractivity contribution in [1.29, 1.82) is 0 Å². The maximum absolute atomic E-state index is 12.2. The summed E-state index contributed by atoms with van der Waals surface area (Å²) in [5, 5.41) is 4.25. The van der Waals surface area contributed by atoms with E-state index in [1.54, 1.807) is 24.5 Å². The number of ether oxygens (including phenoxy) is 1. The molecular weight excluding hydrogens is 350 g/mol. The largest absolute Gasteiger partial charge is 0.435 e. The maximum Gasteiger partial charge on any atom is 0.387 e. The van der Waals surface area contributed by atoms with Gasteiger partial charge >= 0.3 is 6.61 Å². The van der Waals surface area contributed by atoms with E-state index in [4.69, 9.17) is 0 Å². The summed E-state index contributed by atoms with van der Waals surface area (Å²) in [6.07, 6.45) is 3.30. The van der Waals surface area contributed by atoms with Crippen molar-refractivity contribution >= 4 is 22.4 Å². The van der Waals surface area contributed by atoms with Crippen molar-refractivity contribution in [2.75, 3.05) is 5.32 Å². The van der Waals surface area contributed by atoms with Gasteiger partial charge in [0.15, 0.2) is 11.6 Å². The number of benzene rings is 2. The minimum atomic E-state index is -2.84. The van der Waals surface area contributed by atoms with Crippen LogP contribution in [0.2, 0.25) is 0 Å². The number of hydrogen-bond donors (Lipinski definition) is 1. The summed E-state index contributed by atoms with van der Waals surface area (Å²) in [5.41, 5.74) is 2.79. The van der Waals surface area contributed by atoms with Gasteiger partial charge in [-0.1, -0.05) is 18.2 Å². The molecule has 0 unspecified atom stereocenters. The molecule has 0 spiro atoms. The zero-order valence-corrected chi connectivity index (χ0v) is 14.4. The summed E-state index contributed by atoms with van der Waals surface area (Å²) < 4.78 is 30.8. The Balaban J connectivity index is 1.62. The van der Waals surface area contributed by atoms with Gasteiger partial charge in [0.25, 0.3) is 0 Å². The first-order valence-electron chi connectivity index (χ1n) is 8.31. The van der Waals surface area contributed by atoms with Gasteiger partial charge in [-0.2, -0.15) is 8.78 Å². The van der Waals surface area contributed by atoms with E-state index < -0.39 is 6.61 Å². The molecule has 4 rings (SSSR count). The molecule has 136 valence electrons. The lowest BCUT2D eigenvalue weighted by Gasteiger charge is -2.11. The van der Waals surface area contributed by atoms with Crippen LogP contribution in [0, 0.1) is 6.92 Å². The predicted octanol–water partition coefficient (Wildman–Crippen LogP) is 5.07. The fraction of sp³-hybridized carbons (Fsp3) is 0.100. The van der Waals surface area contributed by atoms with Crippen LogP contribution in [-0.4, -0.2) is 21.1 Å². The molecule has 0 fully saturated rings. The summed E-state index contributed by atoms with van der Waals surface area (Å²) in [5.74, 6) is 1.34. The minimum Gasteiger partial charge on any atom is -0.435 e. The van der Waals surface area contributed by atoms with Crippen LogP contribution in [0.15, 0.2) is 67.0 Å². The SMILES string of the molecule is Cc1cc2ccccc2n1-c1cncc(Nc2ccc(OC(F)F)cc2)n1. The second kappa shape index (κ2) is 7.03. The lowest BCUT2D eigenvalue weighted by molar-refractivity contribution is -0.0498. The molecule has 5 nitrogen and oxygen atoms in total. The average Bonchev–Trinajstić information content (AvgIpc) is 2.99. The van der Waals surface area contributed by atoms with E-state index in [9.17, 15) is 8.78 Å². The lowest BCUT2D eigenvalue weighted by Crippen LogP contribution is -2.04. The van der Waals surface area contributed by atoms with Crippen molar-refractivity contribution < 1.29 is 13.5 Å². The quantitative estimate of drug-likeness (QED) is 0.535. The molecule has 0 atom stereocenters. The van der Waals surface area contributed by atoms with Crippen LogP contribution in [0.25, 0.3) is 16.7 Å². The van der Waals surface area contributed by atoms with E-state index in [0.29, 0.717) is 17.3 Å². The Labute approximate surface area is 154 Å². The van der Waals surface area contributed by atoms with Crippen LogP contribution in [0.3, 0.4) is 0 Å². The van der Waals surface area contributed by atoms with Crippen LogP contribution in [0.5, 0.6) is 5.75 Å². The van der Waals surface area contributed by atoms with Gasteiger partial charge in [0.1, 0.15) is 5.75 Å². The second-order valence-electron chi connectivity index (χ2n) is 5.97. The summed E-state index contributed by atoms with van der Waals surface area (Å²) in [6, 6.07) is 16.4. The summed E-state index contributed by atoms with van der Waals surface area (Å²) in [6.45, 7) is -0.824. The van der Waals surface area contributed by atoms with Gasteiger partial charge in [0, 0.05) is 16.8 Å². The van der Waals surface area contributed by atoms with Crippen molar-refractivity contribution in [2.45, 2.75) is 13.5 Å². The fourth-order valence-electron chi connectivity index (χ4n) is 2.99. The Morgan fingerprint density at radius 3 is 2.59 bits per heavy atom. The molecule has 0 aliphatic heterocycles. The molecule has 0 saturated heterocycles. The topological polar surface area (TPSA) is 52.0 Å². The second-order valence-corrected chi connectivity index (χ2v) is 5.97.